The van der Waals surface area contributed by atoms with Gasteiger partial charge in [0.15, 0.2) is 0 Å². The fraction of sp³-hybridized carbons (Fsp3) is 0.857. The lowest BCUT2D eigenvalue weighted by Crippen LogP contribution is -2.18. The van der Waals surface area contributed by atoms with E-state index >= 15 is 0 Å². The van der Waals surface area contributed by atoms with Crippen molar-refractivity contribution in [3.05, 3.63) is 0 Å². The molecule has 1 saturated heterocycles. The molecular weight excluding hydrogens is 216 g/mol. The zero-order valence-electron chi connectivity index (χ0n) is 10.9. The maximum absolute atomic E-state index is 11.6. The minimum atomic E-state index is -0.252. The summed E-state index contributed by atoms with van der Waals surface area (Å²) in [4.78, 5) is 23.0. The van der Waals surface area contributed by atoms with Crippen LogP contribution in [0.15, 0.2) is 0 Å². The van der Waals surface area contributed by atoms with Crippen LogP contribution in [0.5, 0.6) is 0 Å². The van der Waals surface area contributed by atoms with E-state index in [4.69, 9.17) is 4.74 Å². The van der Waals surface area contributed by atoms with Gasteiger partial charge in [-0.1, -0.05) is 32.1 Å². The molecule has 3 nitrogen and oxygen atoms in total. The Morgan fingerprint density at radius 3 is 2.06 bits per heavy atom. The molecule has 0 aromatic heterocycles. The molecule has 0 radical (unpaired) electrons. The van der Waals surface area contributed by atoms with Crippen LogP contribution in [0.25, 0.3) is 0 Å². The Bertz CT molecular complexity index is 224. The van der Waals surface area contributed by atoms with Crippen LogP contribution in [0.2, 0.25) is 0 Å². The second kappa shape index (κ2) is 8.26. The lowest BCUT2D eigenvalue weighted by molar-refractivity contribution is -0.149. The topological polar surface area (TPSA) is 43.4 Å². The van der Waals surface area contributed by atoms with Crippen molar-refractivity contribution in [2.45, 2.75) is 77.2 Å². The highest BCUT2D eigenvalue weighted by Crippen LogP contribution is 2.13. The highest BCUT2D eigenvalue weighted by Gasteiger charge is 2.13. The first-order valence-electron chi connectivity index (χ1n) is 6.89. The van der Waals surface area contributed by atoms with E-state index in [1.165, 1.54) is 19.3 Å². The fourth-order valence-electron chi connectivity index (χ4n) is 2.22. The quantitative estimate of drug-likeness (QED) is 0.609. The van der Waals surface area contributed by atoms with E-state index in [-0.39, 0.29) is 17.9 Å². The summed E-state index contributed by atoms with van der Waals surface area (Å²) in [5.74, 6) is 0.0738. The lowest BCUT2D eigenvalue weighted by atomic mass is 10.0. The first-order valence-corrected chi connectivity index (χ1v) is 6.89. The average molecular weight is 240 g/mol. The number of hydrogen-bond donors (Lipinski definition) is 0. The average Bonchev–Trinajstić information content (AvgIpc) is 2.25. The number of cyclic esters (lactones) is 1. The standard InChI is InChI=1S/C14H24O3/c1-12-11-13(15)9-7-5-3-2-4-6-8-10-14(16)17-12/h12H,2-11H2,1H3. The highest BCUT2D eigenvalue weighted by atomic mass is 16.5. The molecule has 1 fully saturated rings. The van der Waals surface area contributed by atoms with Gasteiger partial charge < -0.3 is 4.74 Å². The maximum Gasteiger partial charge on any atom is 0.306 e. The summed E-state index contributed by atoms with van der Waals surface area (Å²) in [5, 5.41) is 0. The number of hydrogen-bond acceptors (Lipinski definition) is 3. The van der Waals surface area contributed by atoms with Crippen molar-refractivity contribution in [2.24, 2.45) is 0 Å². The minimum Gasteiger partial charge on any atom is -0.462 e. The van der Waals surface area contributed by atoms with Gasteiger partial charge in [0.05, 0.1) is 0 Å². The molecule has 0 aromatic rings. The summed E-state index contributed by atoms with van der Waals surface area (Å²) < 4.78 is 5.21. The molecule has 1 aliphatic rings. The van der Waals surface area contributed by atoms with Crippen LogP contribution in [0.1, 0.15) is 71.1 Å². The van der Waals surface area contributed by atoms with Crippen molar-refractivity contribution in [1.82, 2.24) is 0 Å². The number of Topliss-reactive ketones (excluding diaryl/α,β-unsaturated/α-hetero) is 1. The molecule has 1 rings (SSSR count). The van der Waals surface area contributed by atoms with E-state index in [9.17, 15) is 9.59 Å². The Balaban J connectivity index is 2.36. The van der Waals surface area contributed by atoms with Gasteiger partial charge in [-0.05, 0) is 19.8 Å². The van der Waals surface area contributed by atoms with Crippen LogP contribution in [0.4, 0.5) is 0 Å². The van der Waals surface area contributed by atoms with E-state index in [2.05, 4.69) is 0 Å². The van der Waals surface area contributed by atoms with Crippen molar-refractivity contribution in [3.8, 4) is 0 Å². The molecule has 17 heavy (non-hydrogen) atoms. The van der Waals surface area contributed by atoms with Gasteiger partial charge in [0.1, 0.15) is 11.9 Å². The number of carbonyl (C=O) groups excluding carboxylic acids is 2. The van der Waals surface area contributed by atoms with E-state index in [1.54, 1.807) is 0 Å². The van der Waals surface area contributed by atoms with Crippen LogP contribution >= 0.6 is 0 Å². The van der Waals surface area contributed by atoms with Crippen molar-refractivity contribution in [2.75, 3.05) is 0 Å². The molecule has 3 heteroatoms. The zero-order chi connectivity index (χ0) is 12.5. The van der Waals surface area contributed by atoms with Gasteiger partial charge in [0.25, 0.3) is 0 Å². The number of ether oxygens (including phenoxy) is 1. The van der Waals surface area contributed by atoms with Crippen LogP contribution in [0.3, 0.4) is 0 Å². The monoisotopic (exact) mass is 240 g/mol. The molecule has 0 N–H and O–H groups in total. The minimum absolute atomic E-state index is 0.151. The predicted octanol–water partition coefficient (Wildman–Crippen LogP) is 3.40. The lowest BCUT2D eigenvalue weighted by Gasteiger charge is -2.13. The molecule has 0 amide bonds. The molecule has 1 aliphatic heterocycles. The van der Waals surface area contributed by atoms with Gasteiger partial charge in [0, 0.05) is 19.3 Å². The summed E-state index contributed by atoms with van der Waals surface area (Å²) in [7, 11) is 0. The van der Waals surface area contributed by atoms with Gasteiger partial charge in [-0.15, -0.1) is 0 Å². The number of carbonyl (C=O) groups is 2. The fourth-order valence-corrected chi connectivity index (χ4v) is 2.22. The summed E-state index contributed by atoms with van der Waals surface area (Å²) >= 11 is 0. The van der Waals surface area contributed by atoms with E-state index < -0.39 is 0 Å². The zero-order valence-corrected chi connectivity index (χ0v) is 10.9. The Morgan fingerprint density at radius 2 is 1.41 bits per heavy atom. The van der Waals surface area contributed by atoms with Crippen molar-refractivity contribution in [1.29, 1.82) is 0 Å². The molecule has 0 saturated carbocycles. The van der Waals surface area contributed by atoms with Gasteiger partial charge >= 0.3 is 5.97 Å². The molecular formula is C14H24O3. The summed E-state index contributed by atoms with van der Waals surface area (Å²) in [5.41, 5.74) is 0. The van der Waals surface area contributed by atoms with E-state index in [0.717, 1.165) is 25.7 Å². The summed E-state index contributed by atoms with van der Waals surface area (Å²) in [6, 6.07) is 0. The number of rotatable bonds is 0. The predicted molar refractivity (Wildman–Crippen MR) is 66.7 cm³/mol. The molecule has 0 aromatic carbocycles. The Labute approximate surface area is 104 Å². The highest BCUT2D eigenvalue weighted by molar-refractivity contribution is 5.79. The summed E-state index contributed by atoms with van der Waals surface area (Å²) in [6.45, 7) is 1.81. The Morgan fingerprint density at radius 1 is 0.882 bits per heavy atom. The third kappa shape index (κ3) is 7.14. The summed E-state index contributed by atoms with van der Waals surface area (Å²) in [6.07, 6.45) is 9.06. The van der Waals surface area contributed by atoms with E-state index in [1.807, 2.05) is 6.92 Å². The van der Waals surface area contributed by atoms with Gasteiger partial charge in [-0.25, -0.2) is 0 Å². The molecule has 0 spiro atoms. The van der Waals surface area contributed by atoms with Gasteiger partial charge in [0.2, 0.25) is 0 Å². The van der Waals surface area contributed by atoms with Crippen LogP contribution in [-0.4, -0.2) is 17.9 Å². The molecule has 0 bridgehead atoms. The van der Waals surface area contributed by atoms with Crippen LogP contribution < -0.4 is 0 Å². The largest absolute Gasteiger partial charge is 0.462 e. The molecule has 1 heterocycles. The Hall–Kier alpha value is -0.860. The van der Waals surface area contributed by atoms with E-state index in [0.29, 0.717) is 19.3 Å². The SMILES string of the molecule is CC1CC(=O)CCCCCCCCCC(=O)O1. The normalized spacial score (nSPS) is 26.1. The van der Waals surface area contributed by atoms with Crippen molar-refractivity contribution < 1.29 is 14.3 Å². The second-order valence-corrected chi connectivity index (χ2v) is 5.02. The molecule has 1 atom stereocenters. The third-order valence-electron chi connectivity index (χ3n) is 3.18. The molecule has 0 aliphatic carbocycles. The van der Waals surface area contributed by atoms with Gasteiger partial charge in [-0.3, -0.25) is 9.59 Å². The third-order valence-corrected chi connectivity index (χ3v) is 3.18. The number of esters is 1. The smallest absolute Gasteiger partial charge is 0.306 e. The van der Waals surface area contributed by atoms with Crippen LogP contribution in [0, 0.1) is 0 Å². The first-order chi connectivity index (χ1) is 8.18. The Kier molecular flexibility index (Phi) is 6.90. The maximum atomic E-state index is 11.6. The van der Waals surface area contributed by atoms with Gasteiger partial charge in [-0.2, -0.15) is 0 Å². The number of ketones is 1. The van der Waals surface area contributed by atoms with Crippen molar-refractivity contribution >= 4 is 11.8 Å². The molecule has 98 valence electrons. The van der Waals surface area contributed by atoms with Crippen molar-refractivity contribution in [3.63, 3.8) is 0 Å². The first kappa shape index (κ1) is 14.2. The second-order valence-electron chi connectivity index (χ2n) is 5.02. The molecule has 1 unspecified atom stereocenters. The van der Waals surface area contributed by atoms with Crippen LogP contribution in [-0.2, 0) is 14.3 Å².